The van der Waals surface area contributed by atoms with Crippen LogP contribution in [0.25, 0.3) is 0 Å². The fourth-order valence-corrected chi connectivity index (χ4v) is 1.50. The third kappa shape index (κ3) is 3.17. The molecule has 1 unspecified atom stereocenters. The van der Waals surface area contributed by atoms with E-state index in [0.29, 0.717) is 25.9 Å². The van der Waals surface area contributed by atoms with Crippen molar-refractivity contribution in [2.75, 3.05) is 19.6 Å². The van der Waals surface area contributed by atoms with Crippen LogP contribution in [-0.4, -0.2) is 41.6 Å². The highest BCUT2D eigenvalue weighted by atomic mass is 16.4. The molecule has 1 saturated heterocycles. The molecule has 1 atom stereocenters. The summed E-state index contributed by atoms with van der Waals surface area (Å²) in [6, 6.07) is -0.228. The molecular formula is C10H14N2O3. The van der Waals surface area contributed by atoms with Gasteiger partial charge < -0.3 is 15.3 Å². The summed E-state index contributed by atoms with van der Waals surface area (Å²) < 4.78 is 0. The standard InChI is InChI=1S/C10H14N2O3/c1-2-3-5-11-10(15)12-6-4-8(7-12)9(13)14/h1,8H,3-7H2,(H,11,15)(H,13,14). The summed E-state index contributed by atoms with van der Waals surface area (Å²) in [6.45, 7) is 1.22. The van der Waals surface area contributed by atoms with E-state index in [2.05, 4.69) is 11.2 Å². The molecule has 0 aromatic carbocycles. The van der Waals surface area contributed by atoms with Crippen molar-refractivity contribution in [2.45, 2.75) is 12.8 Å². The van der Waals surface area contributed by atoms with E-state index in [-0.39, 0.29) is 12.6 Å². The highest BCUT2D eigenvalue weighted by Gasteiger charge is 2.30. The van der Waals surface area contributed by atoms with Gasteiger partial charge in [0.1, 0.15) is 0 Å². The van der Waals surface area contributed by atoms with Gasteiger partial charge >= 0.3 is 12.0 Å². The highest BCUT2D eigenvalue weighted by molar-refractivity contribution is 5.77. The largest absolute Gasteiger partial charge is 0.481 e. The monoisotopic (exact) mass is 210 g/mol. The molecule has 82 valence electrons. The summed E-state index contributed by atoms with van der Waals surface area (Å²) in [4.78, 5) is 23.6. The number of hydrogen-bond donors (Lipinski definition) is 2. The second-order valence-corrected chi connectivity index (χ2v) is 3.46. The zero-order valence-electron chi connectivity index (χ0n) is 8.40. The van der Waals surface area contributed by atoms with Gasteiger partial charge in [-0.3, -0.25) is 4.79 Å². The Morgan fingerprint density at radius 2 is 2.33 bits per heavy atom. The minimum atomic E-state index is -0.839. The van der Waals surface area contributed by atoms with E-state index < -0.39 is 11.9 Å². The zero-order valence-corrected chi connectivity index (χ0v) is 8.40. The number of likely N-dealkylation sites (tertiary alicyclic amines) is 1. The summed E-state index contributed by atoms with van der Waals surface area (Å²) in [5, 5.41) is 11.4. The molecule has 5 nitrogen and oxygen atoms in total. The van der Waals surface area contributed by atoms with Crippen LogP contribution in [0.2, 0.25) is 0 Å². The van der Waals surface area contributed by atoms with Gasteiger partial charge in [-0.25, -0.2) is 4.79 Å². The van der Waals surface area contributed by atoms with E-state index in [1.807, 2.05) is 0 Å². The molecule has 0 aromatic heterocycles. The molecule has 2 amide bonds. The van der Waals surface area contributed by atoms with Crippen molar-refractivity contribution < 1.29 is 14.7 Å². The van der Waals surface area contributed by atoms with Crippen molar-refractivity contribution in [3.8, 4) is 12.3 Å². The van der Waals surface area contributed by atoms with Crippen LogP contribution in [0.15, 0.2) is 0 Å². The predicted octanol–water partition coefficient (Wildman–Crippen LogP) is 0.126. The van der Waals surface area contributed by atoms with Gasteiger partial charge in [0.2, 0.25) is 0 Å². The second-order valence-electron chi connectivity index (χ2n) is 3.46. The summed E-state index contributed by atoms with van der Waals surface area (Å²) in [6.07, 6.45) is 6.05. The van der Waals surface area contributed by atoms with Crippen LogP contribution in [0.1, 0.15) is 12.8 Å². The van der Waals surface area contributed by atoms with Crippen molar-refractivity contribution in [1.29, 1.82) is 0 Å². The molecule has 5 heteroatoms. The maximum Gasteiger partial charge on any atom is 0.317 e. The summed E-state index contributed by atoms with van der Waals surface area (Å²) in [7, 11) is 0. The van der Waals surface area contributed by atoms with Crippen molar-refractivity contribution in [2.24, 2.45) is 5.92 Å². The maximum absolute atomic E-state index is 11.4. The maximum atomic E-state index is 11.4. The van der Waals surface area contributed by atoms with Crippen LogP contribution in [0.3, 0.4) is 0 Å². The quantitative estimate of drug-likeness (QED) is 0.513. The number of hydrogen-bond acceptors (Lipinski definition) is 2. The fourth-order valence-electron chi connectivity index (χ4n) is 1.50. The van der Waals surface area contributed by atoms with Crippen LogP contribution in [0.5, 0.6) is 0 Å². The third-order valence-electron chi connectivity index (χ3n) is 2.37. The van der Waals surface area contributed by atoms with Crippen LogP contribution in [0.4, 0.5) is 4.79 Å². The molecule has 0 saturated carbocycles. The molecule has 1 rings (SSSR count). The highest BCUT2D eigenvalue weighted by Crippen LogP contribution is 2.15. The van der Waals surface area contributed by atoms with Crippen molar-refractivity contribution in [3.05, 3.63) is 0 Å². The van der Waals surface area contributed by atoms with Gasteiger partial charge in [-0.1, -0.05) is 0 Å². The minimum absolute atomic E-state index is 0.228. The molecule has 1 aliphatic heterocycles. The molecule has 2 N–H and O–H groups in total. The summed E-state index contributed by atoms with van der Waals surface area (Å²) in [5.41, 5.74) is 0. The Morgan fingerprint density at radius 1 is 1.60 bits per heavy atom. The first kappa shape index (κ1) is 11.4. The molecule has 0 aromatic rings. The van der Waals surface area contributed by atoms with Crippen LogP contribution >= 0.6 is 0 Å². The Balaban J connectivity index is 2.31. The van der Waals surface area contributed by atoms with Crippen LogP contribution in [-0.2, 0) is 4.79 Å². The van der Waals surface area contributed by atoms with Gasteiger partial charge in [0.05, 0.1) is 5.92 Å². The van der Waals surface area contributed by atoms with E-state index in [0.717, 1.165) is 0 Å². The van der Waals surface area contributed by atoms with E-state index >= 15 is 0 Å². The number of carbonyl (C=O) groups excluding carboxylic acids is 1. The van der Waals surface area contributed by atoms with Crippen LogP contribution in [0, 0.1) is 18.3 Å². The Labute approximate surface area is 88.4 Å². The van der Waals surface area contributed by atoms with Gasteiger partial charge in [-0.05, 0) is 6.42 Å². The van der Waals surface area contributed by atoms with Crippen molar-refractivity contribution in [3.63, 3.8) is 0 Å². The van der Waals surface area contributed by atoms with E-state index in [1.54, 1.807) is 0 Å². The zero-order chi connectivity index (χ0) is 11.3. The van der Waals surface area contributed by atoms with Gasteiger partial charge in [-0.2, -0.15) is 0 Å². The normalized spacial score (nSPS) is 19.7. The predicted molar refractivity (Wildman–Crippen MR) is 54.2 cm³/mol. The van der Waals surface area contributed by atoms with Gasteiger partial charge in [-0.15, -0.1) is 12.3 Å². The number of carboxylic acid groups (broad SMARTS) is 1. The smallest absolute Gasteiger partial charge is 0.317 e. The van der Waals surface area contributed by atoms with Gasteiger partial charge in [0.15, 0.2) is 0 Å². The average molecular weight is 210 g/mol. The number of urea groups is 1. The van der Waals surface area contributed by atoms with E-state index in [1.165, 1.54) is 4.90 Å². The number of carbonyl (C=O) groups is 2. The Kier molecular flexibility index (Phi) is 3.98. The van der Waals surface area contributed by atoms with E-state index in [9.17, 15) is 9.59 Å². The first-order chi connectivity index (χ1) is 7.15. The van der Waals surface area contributed by atoms with Crippen molar-refractivity contribution in [1.82, 2.24) is 10.2 Å². The fraction of sp³-hybridized carbons (Fsp3) is 0.600. The minimum Gasteiger partial charge on any atom is -0.481 e. The lowest BCUT2D eigenvalue weighted by atomic mass is 10.1. The lowest BCUT2D eigenvalue weighted by Crippen LogP contribution is -2.39. The first-order valence-corrected chi connectivity index (χ1v) is 4.84. The molecule has 1 fully saturated rings. The summed E-state index contributed by atoms with van der Waals surface area (Å²) >= 11 is 0. The molecule has 1 heterocycles. The van der Waals surface area contributed by atoms with Gasteiger partial charge in [0.25, 0.3) is 0 Å². The SMILES string of the molecule is C#CCCNC(=O)N1CCC(C(=O)O)C1. The number of aliphatic carboxylic acids is 1. The third-order valence-corrected chi connectivity index (χ3v) is 2.37. The molecule has 1 aliphatic rings. The second kappa shape index (κ2) is 5.25. The first-order valence-electron chi connectivity index (χ1n) is 4.84. The lowest BCUT2D eigenvalue weighted by molar-refractivity contribution is -0.141. The Morgan fingerprint density at radius 3 is 2.87 bits per heavy atom. The number of terminal acetylenes is 1. The number of nitrogens with one attached hydrogen (secondary N) is 1. The summed E-state index contributed by atoms with van der Waals surface area (Å²) in [5.74, 6) is 1.15. The molecular weight excluding hydrogens is 196 g/mol. The number of amides is 2. The number of carboxylic acids is 1. The number of nitrogens with zero attached hydrogens (tertiary/aromatic N) is 1. The van der Waals surface area contributed by atoms with E-state index in [4.69, 9.17) is 11.5 Å². The van der Waals surface area contributed by atoms with Gasteiger partial charge in [0, 0.05) is 26.1 Å². The van der Waals surface area contributed by atoms with Crippen LogP contribution < -0.4 is 5.32 Å². The topological polar surface area (TPSA) is 69.6 Å². The lowest BCUT2D eigenvalue weighted by Gasteiger charge is -2.15. The molecule has 0 radical (unpaired) electrons. The molecule has 0 spiro atoms. The van der Waals surface area contributed by atoms with Crippen molar-refractivity contribution >= 4 is 12.0 Å². The number of rotatable bonds is 3. The Bertz CT molecular complexity index is 296. The Hall–Kier alpha value is -1.70. The molecule has 0 bridgehead atoms. The average Bonchev–Trinajstić information content (AvgIpc) is 2.66. The molecule has 15 heavy (non-hydrogen) atoms. The molecule has 0 aliphatic carbocycles.